The summed E-state index contributed by atoms with van der Waals surface area (Å²) >= 11 is 7.90. The van der Waals surface area contributed by atoms with Crippen molar-refractivity contribution in [1.82, 2.24) is 0 Å². The number of nitrogens with one attached hydrogen (secondary N) is 2. The van der Waals surface area contributed by atoms with Crippen LogP contribution < -0.4 is 20.1 Å². The van der Waals surface area contributed by atoms with Crippen molar-refractivity contribution in [2.45, 2.75) is 6.92 Å². The summed E-state index contributed by atoms with van der Waals surface area (Å²) in [6.45, 7) is 1.70. The number of nitriles is 1. The van der Waals surface area contributed by atoms with Crippen molar-refractivity contribution in [2.75, 3.05) is 24.4 Å². The second-order valence-corrected chi connectivity index (χ2v) is 8.97. The molecular formula is C26H21ClIN3O4. The molecule has 3 aromatic carbocycles. The van der Waals surface area contributed by atoms with Gasteiger partial charge in [0, 0.05) is 16.4 Å². The summed E-state index contributed by atoms with van der Waals surface area (Å²) < 4.78 is 11.8. The number of amides is 2. The highest BCUT2D eigenvalue weighted by atomic mass is 127. The van der Waals surface area contributed by atoms with Gasteiger partial charge in [0.1, 0.15) is 11.6 Å². The summed E-state index contributed by atoms with van der Waals surface area (Å²) in [6.07, 6.45) is 1.46. The predicted molar refractivity (Wildman–Crippen MR) is 145 cm³/mol. The van der Waals surface area contributed by atoms with Gasteiger partial charge in [0.2, 0.25) is 0 Å². The van der Waals surface area contributed by atoms with Gasteiger partial charge in [-0.15, -0.1) is 0 Å². The number of hydrogen-bond donors (Lipinski definition) is 2. The molecule has 2 amide bonds. The highest BCUT2D eigenvalue weighted by Gasteiger charge is 2.15. The zero-order valence-corrected chi connectivity index (χ0v) is 21.8. The van der Waals surface area contributed by atoms with E-state index in [4.69, 9.17) is 21.1 Å². The lowest BCUT2D eigenvalue weighted by molar-refractivity contribution is -0.118. The molecule has 178 valence electrons. The Morgan fingerprint density at radius 3 is 2.31 bits per heavy atom. The molecule has 0 bridgehead atoms. The Labute approximate surface area is 221 Å². The zero-order valence-electron chi connectivity index (χ0n) is 18.9. The van der Waals surface area contributed by atoms with Crippen molar-refractivity contribution in [3.63, 3.8) is 0 Å². The number of hydrogen-bond acceptors (Lipinski definition) is 5. The van der Waals surface area contributed by atoms with Crippen LogP contribution in [0.1, 0.15) is 11.1 Å². The van der Waals surface area contributed by atoms with Crippen LogP contribution in [0.2, 0.25) is 5.02 Å². The zero-order chi connectivity index (χ0) is 25.4. The number of rotatable bonds is 8. The van der Waals surface area contributed by atoms with Gasteiger partial charge in [-0.2, -0.15) is 5.26 Å². The molecule has 3 aromatic rings. The molecule has 0 saturated carbocycles. The van der Waals surface area contributed by atoms with Crippen LogP contribution in [0.3, 0.4) is 0 Å². The summed E-state index contributed by atoms with van der Waals surface area (Å²) in [7, 11) is 1.47. The number of carbonyl (C=O) groups is 2. The van der Waals surface area contributed by atoms with Crippen molar-refractivity contribution in [3.8, 4) is 17.6 Å². The first-order chi connectivity index (χ1) is 16.8. The Balaban J connectivity index is 1.72. The van der Waals surface area contributed by atoms with Gasteiger partial charge in [0.15, 0.2) is 18.1 Å². The average Bonchev–Trinajstić information content (AvgIpc) is 2.84. The number of halogens is 2. The lowest BCUT2D eigenvalue weighted by Gasteiger charge is -2.14. The topological polar surface area (TPSA) is 100 Å². The largest absolute Gasteiger partial charge is 0.493 e. The normalized spacial score (nSPS) is 10.8. The van der Waals surface area contributed by atoms with E-state index in [2.05, 4.69) is 10.6 Å². The van der Waals surface area contributed by atoms with E-state index in [1.54, 1.807) is 48.5 Å². The van der Waals surface area contributed by atoms with E-state index >= 15 is 0 Å². The van der Waals surface area contributed by atoms with Crippen LogP contribution in [-0.4, -0.2) is 25.5 Å². The number of nitrogens with zero attached hydrogens (tertiary/aromatic N) is 1. The van der Waals surface area contributed by atoms with E-state index in [-0.39, 0.29) is 18.1 Å². The summed E-state index contributed by atoms with van der Waals surface area (Å²) in [6, 6.07) is 19.3. The maximum Gasteiger partial charge on any atom is 0.266 e. The van der Waals surface area contributed by atoms with Gasteiger partial charge >= 0.3 is 0 Å². The van der Waals surface area contributed by atoms with E-state index in [1.165, 1.54) is 13.2 Å². The Morgan fingerprint density at radius 2 is 1.69 bits per heavy atom. The van der Waals surface area contributed by atoms with Crippen molar-refractivity contribution < 1.29 is 19.1 Å². The SMILES string of the molecule is COc1cc(/C=C(\C#N)C(=O)Nc2ccc(C)cc2)cc(I)c1OCC(=O)Nc1ccc(Cl)cc1. The van der Waals surface area contributed by atoms with Crippen LogP contribution in [-0.2, 0) is 9.59 Å². The number of ether oxygens (including phenoxy) is 2. The van der Waals surface area contributed by atoms with E-state index in [1.807, 2.05) is 47.7 Å². The molecule has 0 aliphatic heterocycles. The minimum Gasteiger partial charge on any atom is -0.493 e. The molecule has 0 spiro atoms. The van der Waals surface area contributed by atoms with E-state index in [0.717, 1.165) is 5.56 Å². The molecular weight excluding hydrogens is 581 g/mol. The quantitative estimate of drug-likeness (QED) is 0.192. The maximum atomic E-state index is 12.6. The van der Waals surface area contributed by atoms with Gasteiger partial charge in [-0.1, -0.05) is 29.3 Å². The Bertz CT molecular complexity index is 1300. The van der Waals surface area contributed by atoms with Gasteiger partial charge < -0.3 is 20.1 Å². The molecule has 7 nitrogen and oxygen atoms in total. The fourth-order valence-corrected chi connectivity index (χ4v) is 3.89. The van der Waals surface area contributed by atoms with Gasteiger partial charge in [0.25, 0.3) is 11.8 Å². The lowest BCUT2D eigenvalue weighted by atomic mass is 10.1. The third-order valence-corrected chi connectivity index (χ3v) is 5.77. The number of anilines is 2. The van der Waals surface area contributed by atoms with E-state index in [9.17, 15) is 14.9 Å². The fraction of sp³-hybridized carbons (Fsp3) is 0.115. The minimum absolute atomic E-state index is 0.0700. The summed E-state index contributed by atoms with van der Waals surface area (Å²) in [5.74, 6) is -0.143. The number of aryl methyl sites for hydroxylation is 1. The molecule has 2 N–H and O–H groups in total. The lowest BCUT2D eigenvalue weighted by Crippen LogP contribution is -2.20. The Kier molecular flexibility index (Phi) is 9.11. The van der Waals surface area contributed by atoms with Gasteiger partial charge in [-0.05, 0) is 89.7 Å². The summed E-state index contributed by atoms with van der Waals surface area (Å²) in [5.41, 5.74) is 2.75. The molecule has 35 heavy (non-hydrogen) atoms. The molecule has 0 fully saturated rings. The second kappa shape index (κ2) is 12.2. The van der Waals surface area contributed by atoms with Crippen molar-refractivity contribution in [3.05, 3.63) is 86.0 Å². The molecule has 9 heteroatoms. The van der Waals surface area contributed by atoms with Crippen molar-refractivity contribution in [1.29, 1.82) is 5.26 Å². The first kappa shape index (κ1) is 26.1. The highest BCUT2D eigenvalue weighted by Crippen LogP contribution is 2.34. The van der Waals surface area contributed by atoms with Crippen LogP contribution in [0.25, 0.3) is 6.08 Å². The number of benzene rings is 3. The molecule has 0 aromatic heterocycles. The predicted octanol–water partition coefficient (Wildman–Crippen LogP) is 5.82. The minimum atomic E-state index is -0.524. The number of methoxy groups -OCH3 is 1. The third kappa shape index (κ3) is 7.47. The molecule has 0 aliphatic rings. The molecule has 0 radical (unpaired) electrons. The molecule has 0 atom stereocenters. The van der Waals surface area contributed by atoms with E-state index < -0.39 is 5.91 Å². The molecule has 0 aliphatic carbocycles. The summed E-state index contributed by atoms with van der Waals surface area (Å²) in [5, 5.41) is 15.5. The Morgan fingerprint density at radius 1 is 1.06 bits per heavy atom. The average molecular weight is 602 g/mol. The van der Waals surface area contributed by atoms with Gasteiger partial charge in [-0.3, -0.25) is 9.59 Å². The molecule has 0 heterocycles. The van der Waals surface area contributed by atoms with Crippen molar-refractivity contribution in [2.24, 2.45) is 0 Å². The van der Waals surface area contributed by atoms with Gasteiger partial charge in [0.05, 0.1) is 10.7 Å². The molecule has 0 saturated heterocycles. The Hall–Kier alpha value is -3.55. The first-order valence-corrected chi connectivity index (χ1v) is 11.8. The highest BCUT2D eigenvalue weighted by molar-refractivity contribution is 14.1. The standard InChI is InChI=1S/C26H21ClIN3O4/c1-16-3-7-21(8-4-16)31-26(33)18(14-29)11-17-12-22(28)25(23(13-17)34-2)35-15-24(32)30-20-9-5-19(27)6-10-20/h3-13H,15H2,1-2H3,(H,30,32)(H,31,33)/b18-11+. The van der Waals surface area contributed by atoms with Crippen LogP contribution >= 0.6 is 34.2 Å². The maximum absolute atomic E-state index is 12.6. The summed E-state index contributed by atoms with van der Waals surface area (Å²) in [4.78, 5) is 24.8. The van der Waals surface area contributed by atoms with Crippen LogP contribution in [0.4, 0.5) is 11.4 Å². The smallest absolute Gasteiger partial charge is 0.266 e. The number of carbonyl (C=O) groups excluding carboxylic acids is 2. The van der Waals surface area contributed by atoms with E-state index in [0.29, 0.717) is 37.0 Å². The first-order valence-electron chi connectivity index (χ1n) is 10.3. The second-order valence-electron chi connectivity index (χ2n) is 7.37. The van der Waals surface area contributed by atoms with Crippen LogP contribution in [0, 0.1) is 21.8 Å². The third-order valence-electron chi connectivity index (χ3n) is 4.71. The molecule has 3 rings (SSSR count). The van der Waals surface area contributed by atoms with Gasteiger partial charge in [-0.25, -0.2) is 0 Å². The van der Waals surface area contributed by atoms with Crippen LogP contribution in [0.5, 0.6) is 11.5 Å². The molecule has 0 unspecified atom stereocenters. The van der Waals surface area contributed by atoms with Crippen LogP contribution in [0.15, 0.2) is 66.2 Å². The van der Waals surface area contributed by atoms with Crippen molar-refractivity contribution >= 4 is 63.5 Å². The monoisotopic (exact) mass is 601 g/mol. The fourth-order valence-electron chi connectivity index (χ4n) is 2.98.